The van der Waals surface area contributed by atoms with E-state index in [1.807, 2.05) is 0 Å². The molecule has 0 saturated heterocycles. The Hall–Kier alpha value is -0.640. The van der Waals surface area contributed by atoms with Gasteiger partial charge in [-0.2, -0.15) is 11.3 Å². The van der Waals surface area contributed by atoms with Crippen molar-refractivity contribution in [1.29, 1.82) is 0 Å². The average Bonchev–Trinajstić information content (AvgIpc) is 2.98. The molecule has 1 atom stereocenters. The number of halogens is 1. The SMILES string of the molecule is BrC(c1ccsc1)c1ccc2c(c1)COC2. The predicted octanol–water partition coefficient (Wildman–Crippen LogP) is 4.26. The lowest BCUT2D eigenvalue weighted by Crippen LogP contribution is -1.93. The van der Waals surface area contributed by atoms with E-state index in [0.29, 0.717) is 4.83 Å². The summed E-state index contributed by atoms with van der Waals surface area (Å²) in [7, 11) is 0. The third-order valence-corrected chi connectivity index (χ3v) is 4.63. The second-order valence-electron chi connectivity index (χ2n) is 3.94. The van der Waals surface area contributed by atoms with Gasteiger partial charge in [-0.3, -0.25) is 0 Å². The predicted molar refractivity (Wildman–Crippen MR) is 70.0 cm³/mol. The van der Waals surface area contributed by atoms with Crippen LogP contribution in [0, 0.1) is 0 Å². The Morgan fingerprint density at radius 2 is 2.00 bits per heavy atom. The van der Waals surface area contributed by atoms with Crippen molar-refractivity contribution in [3.8, 4) is 0 Å². The van der Waals surface area contributed by atoms with E-state index in [0.717, 1.165) is 13.2 Å². The normalized spacial score (nSPS) is 16.1. The minimum Gasteiger partial charge on any atom is -0.372 e. The van der Waals surface area contributed by atoms with Crippen LogP contribution in [0.5, 0.6) is 0 Å². The molecule has 0 saturated carbocycles. The van der Waals surface area contributed by atoms with Gasteiger partial charge in [-0.05, 0) is 39.1 Å². The van der Waals surface area contributed by atoms with E-state index in [-0.39, 0.29) is 0 Å². The summed E-state index contributed by atoms with van der Waals surface area (Å²) in [5, 5.41) is 4.29. The van der Waals surface area contributed by atoms with Crippen LogP contribution >= 0.6 is 27.3 Å². The lowest BCUT2D eigenvalue weighted by Gasteiger charge is -2.09. The van der Waals surface area contributed by atoms with E-state index in [1.54, 1.807) is 11.3 Å². The molecule has 82 valence electrons. The Bertz CT molecular complexity index is 493. The maximum atomic E-state index is 5.43. The summed E-state index contributed by atoms with van der Waals surface area (Å²) in [6, 6.07) is 8.77. The molecule has 1 nitrogen and oxygen atoms in total. The van der Waals surface area contributed by atoms with Gasteiger partial charge in [0.05, 0.1) is 18.0 Å². The molecule has 2 heterocycles. The molecular weight excluding hydrogens is 284 g/mol. The molecule has 0 bridgehead atoms. The van der Waals surface area contributed by atoms with Crippen LogP contribution in [0.25, 0.3) is 0 Å². The van der Waals surface area contributed by atoms with Gasteiger partial charge in [-0.25, -0.2) is 0 Å². The van der Waals surface area contributed by atoms with Gasteiger partial charge in [-0.15, -0.1) is 0 Å². The van der Waals surface area contributed by atoms with Crippen molar-refractivity contribution in [1.82, 2.24) is 0 Å². The van der Waals surface area contributed by atoms with Gasteiger partial charge in [-0.1, -0.05) is 34.1 Å². The van der Waals surface area contributed by atoms with Crippen LogP contribution < -0.4 is 0 Å². The Kier molecular flexibility index (Phi) is 2.84. The van der Waals surface area contributed by atoms with Gasteiger partial charge in [0.2, 0.25) is 0 Å². The summed E-state index contributed by atoms with van der Waals surface area (Å²) in [4.78, 5) is 0.296. The third-order valence-electron chi connectivity index (χ3n) is 2.87. The molecule has 16 heavy (non-hydrogen) atoms. The molecule has 1 aromatic heterocycles. The molecule has 0 N–H and O–H groups in total. The highest BCUT2D eigenvalue weighted by molar-refractivity contribution is 9.09. The average molecular weight is 295 g/mol. The molecule has 2 aromatic rings. The standard InChI is InChI=1S/C13H11BrOS/c14-13(11-3-4-16-8-11)9-1-2-10-6-15-7-12(10)5-9/h1-5,8,13H,6-7H2. The van der Waals surface area contributed by atoms with E-state index in [2.05, 4.69) is 51.0 Å². The number of thiophene rings is 1. The highest BCUT2D eigenvalue weighted by atomic mass is 79.9. The number of alkyl halides is 1. The van der Waals surface area contributed by atoms with E-state index in [4.69, 9.17) is 4.74 Å². The number of hydrogen-bond acceptors (Lipinski definition) is 2. The maximum Gasteiger partial charge on any atom is 0.0725 e. The van der Waals surface area contributed by atoms with E-state index in [9.17, 15) is 0 Å². The molecular formula is C13H11BrOS. The molecule has 3 heteroatoms. The van der Waals surface area contributed by atoms with E-state index < -0.39 is 0 Å². The van der Waals surface area contributed by atoms with E-state index in [1.165, 1.54) is 22.3 Å². The second kappa shape index (κ2) is 4.32. The number of ether oxygens (including phenoxy) is 1. The lowest BCUT2D eigenvalue weighted by molar-refractivity contribution is 0.134. The summed E-state index contributed by atoms with van der Waals surface area (Å²) in [6.07, 6.45) is 0. The number of benzene rings is 1. The van der Waals surface area contributed by atoms with Gasteiger partial charge < -0.3 is 4.74 Å². The Labute approximate surface area is 107 Å². The van der Waals surface area contributed by atoms with Gasteiger partial charge in [0.1, 0.15) is 0 Å². The minimum absolute atomic E-state index is 0.296. The first-order chi connectivity index (χ1) is 7.84. The fourth-order valence-corrected chi connectivity index (χ4v) is 3.39. The fraction of sp³-hybridized carbons (Fsp3) is 0.231. The lowest BCUT2D eigenvalue weighted by atomic mass is 10.0. The maximum absolute atomic E-state index is 5.43. The van der Waals surface area contributed by atoms with Crippen LogP contribution in [0.4, 0.5) is 0 Å². The number of rotatable bonds is 2. The van der Waals surface area contributed by atoms with Crippen LogP contribution in [0.1, 0.15) is 27.1 Å². The number of hydrogen-bond donors (Lipinski definition) is 0. The van der Waals surface area contributed by atoms with Gasteiger partial charge in [0.25, 0.3) is 0 Å². The molecule has 1 aromatic carbocycles. The second-order valence-corrected chi connectivity index (χ2v) is 5.64. The molecule has 1 aliphatic rings. The summed E-state index contributed by atoms with van der Waals surface area (Å²) < 4.78 is 5.43. The highest BCUT2D eigenvalue weighted by Crippen LogP contribution is 2.34. The van der Waals surface area contributed by atoms with Crippen molar-refractivity contribution < 1.29 is 4.74 Å². The molecule has 0 amide bonds. The molecule has 1 aliphatic heterocycles. The Morgan fingerprint density at radius 3 is 2.81 bits per heavy atom. The molecule has 0 aliphatic carbocycles. The highest BCUT2D eigenvalue weighted by Gasteiger charge is 2.15. The van der Waals surface area contributed by atoms with Crippen molar-refractivity contribution in [3.63, 3.8) is 0 Å². The fourth-order valence-electron chi connectivity index (χ4n) is 1.96. The van der Waals surface area contributed by atoms with Crippen molar-refractivity contribution in [2.45, 2.75) is 18.0 Å². The monoisotopic (exact) mass is 294 g/mol. The van der Waals surface area contributed by atoms with Crippen molar-refractivity contribution in [2.24, 2.45) is 0 Å². The largest absolute Gasteiger partial charge is 0.372 e. The molecule has 0 spiro atoms. The summed E-state index contributed by atoms with van der Waals surface area (Å²) in [5.74, 6) is 0. The van der Waals surface area contributed by atoms with Crippen LogP contribution in [-0.4, -0.2) is 0 Å². The molecule has 3 rings (SSSR count). The number of fused-ring (bicyclic) bond motifs is 1. The first kappa shape index (κ1) is 10.5. The minimum atomic E-state index is 0.296. The topological polar surface area (TPSA) is 9.23 Å². The van der Waals surface area contributed by atoms with Crippen LogP contribution in [-0.2, 0) is 18.0 Å². The van der Waals surface area contributed by atoms with Crippen LogP contribution in [0.15, 0.2) is 35.0 Å². The van der Waals surface area contributed by atoms with Gasteiger partial charge >= 0.3 is 0 Å². The zero-order chi connectivity index (χ0) is 11.0. The van der Waals surface area contributed by atoms with E-state index >= 15 is 0 Å². The van der Waals surface area contributed by atoms with Gasteiger partial charge in [0, 0.05) is 0 Å². The first-order valence-corrected chi connectivity index (χ1v) is 7.06. The Balaban J connectivity index is 1.95. The Morgan fingerprint density at radius 1 is 1.12 bits per heavy atom. The molecule has 1 unspecified atom stereocenters. The first-order valence-electron chi connectivity index (χ1n) is 5.20. The van der Waals surface area contributed by atoms with Gasteiger partial charge in [0.15, 0.2) is 0 Å². The summed E-state index contributed by atoms with van der Waals surface area (Å²) in [6.45, 7) is 1.52. The quantitative estimate of drug-likeness (QED) is 0.752. The van der Waals surface area contributed by atoms with Crippen molar-refractivity contribution in [2.75, 3.05) is 0 Å². The summed E-state index contributed by atoms with van der Waals surface area (Å²) >= 11 is 5.48. The zero-order valence-electron chi connectivity index (χ0n) is 8.65. The van der Waals surface area contributed by atoms with Crippen molar-refractivity contribution in [3.05, 3.63) is 57.3 Å². The molecule has 0 fully saturated rings. The smallest absolute Gasteiger partial charge is 0.0725 e. The van der Waals surface area contributed by atoms with Crippen LogP contribution in [0.2, 0.25) is 0 Å². The zero-order valence-corrected chi connectivity index (χ0v) is 11.1. The van der Waals surface area contributed by atoms with Crippen LogP contribution in [0.3, 0.4) is 0 Å². The summed E-state index contributed by atoms with van der Waals surface area (Å²) in [5.41, 5.74) is 5.29. The third kappa shape index (κ3) is 1.83. The van der Waals surface area contributed by atoms with Crippen molar-refractivity contribution >= 4 is 27.3 Å². The molecule has 0 radical (unpaired) electrons.